The van der Waals surface area contributed by atoms with E-state index in [1.165, 1.54) is 18.8 Å². The molecule has 1 aliphatic heterocycles. The first-order valence-electron chi connectivity index (χ1n) is 14.4. The highest BCUT2D eigenvalue weighted by Gasteiger charge is 2.36. The minimum atomic E-state index is -0.676. The van der Waals surface area contributed by atoms with Crippen LogP contribution in [-0.2, 0) is 16.5 Å². The monoisotopic (exact) mass is 607 g/mol. The first-order valence-corrected chi connectivity index (χ1v) is 14.4. The molecule has 5 rings (SSSR count). The van der Waals surface area contributed by atoms with Crippen molar-refractivity contribution in [3.8, 4) is 17.1 Å². The van der Waals surface area contributed by atoms with Gasteiger partial charge in [0.25, 0.3) is 5.91 Å². The van der Waals surface area contributed by atoms with Crippen LogP contribution in [0, 0.1) is 5.82 Å². The van der Waals surface area contributed by atoms with Gasteiger partial charge in [-0.05, 0) is 58.9 Å². The van der Waals surface area contributed by atoms with E-state index in [1.54, 1.807) is 24.2 Å². The number of aryl methyl sites for hydroxylation is 1. The minimum absolute atomic E-state index is 0.118. The number of nitrogens with one attached hydrogen (secondary N) is 1. The number of hydrogen-bond donors (Lipinski definition) is 1. The summed E-state index contributed by atoms with van der Waals surface area (Å²) in [5.41, 5.74) is 1.29. The van der Waals surface area contributed by atoms with Crippen LogP contribution in [0.3, 0.4) is 0 Å². The number of anilines is 1. The summed E-state index contributed by atoms with van der Waals surface area (Å²) in [5.74, 6) is -1.10. The third-order valence-electron chi connectivity index (χ3n) is 7.38. The molecule has 0 radical (unpaired) electrons. The first-order chi connectivity index (χ1) is 20.8. The Kier molecular flexibility index (Phi) is 8.34. The van der Waals surface area contributed by atoms with Crippen molar-refractivity contribution in [3.05, 3.63) is 42.0 Å². The summed E-state index contributed by atoms with van der Waals surface area (Å²) in [4.78, 5) is 39.4. The molecule has 13 heteroatoms. The molecule has 0 bridgehead atoms. The number of carbonyl (C=O) groups is 2. The molecule has 2 amide bonds. The quantitative estimate of drug-likeness (QED) is 0.316. The van der Waals surface area contributed by atoms with E-state index in [4.69, 9.17) is 19.2 Å². The summed E-state index contributed by atoms with van der Waals surface area (Å²) in [6.07, 6.45) is 1.34. The van der Waals surface area contributed by atoms with Gasteiger partial charge in [-0.2, -0.15) is 5.10 Å². The molecule has 1 aliphatic rings. The van der Waals surface area contributed by atoms with E-state index in [0.717, 1.165) is 5.69 Å². The third-order valence-corrected chi connectivity index (χ3v) is 7.38. The fourth-order valence-electron chi connectivity index (χ4n) is 5.59. The smallest absolute Gasteiger partial charge is 0.410 e. The second kappa shape index (κ2) is 11.9. The Labute approximate surface area is 255 Å². The standard InChI is InChI=1S/C31H38FN7O5/c1-17-13-38(14-18(2)39(17)30(41)44-31(3,4)5)20-9-10-23-21(12-20)26(29(40)33-6)35-28(34-23)22-11-19-15-37(7)36-25(19)24(32)27(22)43-16-42-8/h9-12,15,17-18H,13-14,16H2,1-8H3,(H,33,40)/t17-,18-/m0/s1. The number of carbonyl (C=O) groups excluding carboxylic acids is 2. The Bertz CT molecular complexity index is 1720. The summed E-state index contributed by atoms with van der Waals surface area (Å²) >= 11 is 0. The van der Waals surface area contributed by atoms with Crippen LogP contribution in [0.15, 0.2) is 30.5 Å². The summed E-state index contributed by atoms with van der Waals surface area (Å²) in [6.45, 7) is 10.4. The van der Waals surface area contributed by atoms with Crippen LogP contribution < -0.4 is 15.0 Å². The van der Waals surface area contributed by atoms with Gasteiger partial charge in [-0.3, -0.25) is 14.4 Å². The van der Waals surface area contributed by atoms with Crippen LogP contribution in [0.25, 0.3) is 33.2 Å². The van der Waals surface area contributed by atoms with Gasteiger partial charge in [0, 0.05) is 57.0 Å². The molecule has 0 aliphatic carbocycles. The lowest BCUT2D eigenvalue weighted by Gasteiger charge is -2.45. The number of nitrogens with zero attached hydrogens (tertiary/aromatic N) is 6. The van der Waals surface area contributed by atoms with Crippen LogP contribution in [-0.4, -0.2) is 88.4 Å². The first kappa shape index (κ1) is 30.9. The fraction of sp³-hybridized carbons (Fsp3) is 0.452. The Morgan fingerprint density at radius 1 is 1.11 bits per heavy atom. The molecule has 1 saturated heterocycles. The minimum Gasteiger partial charge on any atom is -0.464 e. The summed E-state index contributed by atoms with van der Waals surface area (Å²) in [6, 6.07) is 7.05. The molecule has 0 saturated carbocycles. The third kappa shape index (κ3) is 5.96. The zero-order valence-corrected chi connectivity index (χ0v) is 26.3. The fourth-order valence-corrected chi connectivity index (χ4v) is 5.59. The van der Waals surface area contributed by atoms with Gasteiger partial charge in [-0.1, -0.05) is 0 Å². The van der Waals surface area contributed by atoms with Crippen molar-refractivity contribution in [3.63, 3.8) is 0 Å². The Balaban J connectivity index is 1.56. The van der Waals surface area contributed by atoms with Gasteiger partial charge in [0.2, 0.25) is 0 Å². The molecule has 3 heterocycles. The molecular formula is C31H38FN7O5. The number of rotatable bonds is 6. The van der Waals surface area contributed by atoms with Crippen molar-refractivity contribution in [1.29, 1.82) is 0 Å². The van der Waals surface area contributed by atoms with E-state index in [9.17, 15) is 9.59 Å². The highest BCUT2D eigenvalue weighted by Crippen LogP contribution is 2.37. The largest absolute Gasteiger partial charge is 0.464 e. The Morgan fingerprint density at radius 2 is 1.82 bits per heavy atom. The molecular weight excluding hydrogens is 569 g/mol. The SMILES string of the molecule is CNC(=O)c1nc(-c2cc3cn(C)nc3c(F)c2OCOC)nc2ccc(N3C[C@H](C)N(C(=O)OC(C)(C)C)[C@@H](C)C3)cc12. The predicted octanol–water partition coefficient (Wildman–Crippen LogP) is 4.50. The summed E-state index contributed by atoms with van der Waals surface area (Å²) < 4.78 is 33.5. The number of hydrogen-bond acceptors (Lipinski definition) is 9. The van der Waals surface area contributed by atoms with Gasteiger partial charge >= 0.3 is 6.09 Å². The van der Waals surface area contributed by atoms with Crippen molar-refractivity contribution in [2.24, 2.45) is 7.05 Å². The van der Waals surface area contributed by atoms with Gasteiger partial charge in [0.05, 0.1) is 23.2 Å². The van der Waals surface area contributed by atoms with E-state index in [-0.39, 0.29) is 53.3 Å². The molecule has 12 nitrogen and oxygen atoms in total. The van der Waals surface area contributed by atoms with Crippen molar-refractivity contribution in [2.75, 3.05) is 38.9 Å². The number of piperazine rings is 1. The van der Waals surface area contributed by atoms with Crippen LogP contribution >= 0.6 is 0 Å². The second-order valence-corrected chi connectivity index (χ2v) is 12.0. The molecule has 0 unspecified atom stereocenters. The number of amides is 2. The molecule has 1 fully saturated rings. The highest BCUT2D eigenvalue weighted by atomic mass is 19.1. The van der Waals surface area contributed by atoms with E-state index >= 15 is 4.39 Å². The average molecular weight is 608 g/mol. The number of methoxy groups -OCH3 is 1. The van der Waals surface area contributed by atoms with E-state index in [1.807, 2.05) is 52.8 Å². The lowest BCUT2D eigenvalue weighted by atomic mass is 10.1. The molecule has 234 valence electrons. The van der Waals surface area contributed by atoms with Crippen LogP contribution in [0.2, 0.25) is 0 Å². The molecule has 1 N–H and O–H groups in total. The van der Waals surface area contributed by atoms with Crippen molar-refractivity contribution in [2.45, 2.75) is 52.3 Å². The maximum absolute atomic E-state index is 15.6. The maximum atomic E-state index is 15.6. The number of benzene rings is 2. The van der Waals surface area contributed by atoms with Crippen LogP contribution in [0.4, 0.5) is 14.9 Å². The molecule has 4 aromatic rings. The zero-order chi connectivity index (χ0) is 31.9. The normalized spacial score (nSPS) is 17.3. The number of ether oxygens (including phenoxy) is 3. The molecule has 0 spiro atoms. The van der Waals surface area contributed by atoms with Gasteiger partial charge < -0.3 is 24.4 Å². The molecule has 2 atom stereocenters. The summed E-state index contributed by atoms with van der Waals surface area (Å²) in [5, 5.41) is 7.92. The van der Waals surface area contributed by atoms with Crippen LogP contribution in [0.5, 0.6) is 5.75 Å². The summed E-state index contributed by atoms with van der Waals surface area (Å²) in [7, 11) is 4.65. The number of aromatic nitrogens is 4. The number of fused-ring (bicyclic) bond motifs is 2. The van der Waals surface area contributed by atoms with Gasteiger partial charge in [-0.25, -0.2) is 19.2 Å². The maximum Gasteiger partial charge on any atom is 0.410 e. The molecule has 44 heavy (non-hydrogen) atoms. The van der Waals surface area contributed by atoms with E-state index in [2.05, 4.69) is 20.3 Å². The number of halogens is 1. The Morgan fingerprint density at radius 3 is 2.45 bits per heavy atom. The van der Waals surface area contributed by atoms with Gasteiger partial charge in [0.1, 0.15) is 16.8 Å². The van der Waals surface area contributed by atoms with Crippen molar-refractivity contribution >= 4 is 39.5 Å². The lowest BCUT2D eigenvalue weighted by Crippen LogP contribution is -2.59. The van der Waals surface area contributed by atoms with E-state index < -0.39 is 17.3 Å². The topological polar surface area (TPSA) is 124 Å². The van der Waals surface area contributed by atoms with Crippen LogP contribution in [0.1, 0.15) is 45.1 Å². The van der Waals surface area contributed by atoms with Gasteiger partial charge in [-0.15, -0.1) is 0 Å². The molecule has 2 aromatic heterocycles. The van der Waals surface area contributed by atoms with Crippen molar-refractivity contribution < 1.29 is 28.2 Å². The average Bonchev–Trinajstić information content (AvgIpc) is 3.34. The van der Waals surface area contributed by atoms with E-state index in [0.29, 0.717) is 29.4 Å². The highest BCUT2D eigenvalue weighted by molar-refractivity contribution is 6.06. The lowest BCUT2D eigenvalue weighted by molar-refractivity contribution is 0.00564. The van der Waals surface area contributed by atoms with Crippen molar-refractivity contribution in [1.82, 2.24) is 30.0 Å². The molecule has 2 aromatic carbocycles. The zero-order valence-electron chi connectivity index (χ0n) is 26.3. The van der Waals surface area contributed by atoms with Gasteiger partial charge in [0.15, 0.2) is 24.2 Å². The second-order valence-electron chi connectivity index (χ2n) is 12.0. The predicted molar refractivity (Wildman–Crippen MR) is 164 cm³/mol. The Hall–Kier alpha value is -4.52.